The van der Waals surface area contributed by atoms with E-state index in [2.05, 4.69) is 26.9 Å². The molecular weight excluding hydrogens is 441 g/mol. The summed E-state index contributed by atoms with van der Waals surface area (Å²) in [6.07, 6.45) is 2.90. The SMILES string of the molecule is CCN1CCCC1CN=C(N)NCCc1ccccc1OC(F)F.I. The van der Waals surface area contributed by atoms with Crippen LogP contribution in [0.4, 0.5) is 8.78 Å². The molecule has 0 radical (unpaired) electrons. The number of likely N-dealkylation sites (N-methyl/N-ethyl adjacent to an activating group) is 1. The summed E-state index contributed by atoms with van der Waals surface area (Å²) >= 11 is 0. The minimum absolute atomic E-state index is 0. The number of nitrogens with one attached hydrogen (secondary N) is 1. The van der Waals surface area contributed by atoms with Crippen molar-refractivity contribution < 1.29 is 13.5 Å². The molecule has 25 heavy (non-hydrogen) atoms. The van der Waals surface area contributed by atoms with Crippen LogP contribution < -0.4 is 15.8 Å². The zero-order valence-electron chi connectivity index (χ0n) is 14.5. The van der Waals surface area contributed by atoms with E-state index in [9.17, 15) is 8.78 Å². The summed E-state index contributed by atoms with van der Waals surface area (Å²) in [5.74, 6) is 0.597. The zero-order valence-corrected chi connectivity index (χ0v) is 16.8. The van der Waals surface area contributed by atoms with Gasteiger partial charge in [-0.15, -0.1) is 24.0 Å². The molecule has 142 valence electrons. The van der Waals surface area contributed by atoms with E-state index in [1.807, 2.05) is 0 Å². The van der Waals surface area contributed by atoms with Crippen LogP contribution in [0.2, 0.25) is 0 Å². The maximum atomic E-state index is 12.4. The van der Waals surface area contributed by atoms with Gasteiger partial charge in [0, 0.05) is 12.6 Å². The fourth-order valence-corrected chi connectivity index (χ4v) is 3.02. The Hall–Kier alpha value is -1.16. The van der Waals surface area contributed by atoms with E-state index in [1.165, 1.54) is 6.42 Å². The second kappa shape index (κ2) is 11.5. The second-order valence-corrected chi connectivity index (χ2v) is 5.81. The number of halogens is 3. The highest BCUT2D eigenvalue weighted by Gasteiger charge is 2.22. The van der Waals surface area contributed by atoms with Crippen molar-refractivity contribution in [3.63, 3.8) is 0 Å². The summed E-state index contributed by atoms with van der Waals surface area (Å²) in [5, 5.41) is 3.03. The molecule has 1 aliphatic heterocycles. The van der Waals surface area contributed by atoms with Crippen LogP contribution in [0.15, 0.2) is 29.3 Å². The number of benzene rings is 1. The predicted octanol–water partition coefficient (Wildman–Crippen LogP) is 2.84. The molecule has 0 aromatic heterocycles. The number of nitrogens with two attached hydrogens (primary N) is 1. The molecule has 1 aliphatic rings. The average molecular weight is 468 g/mol. The third kappa shape index (κ3) is 7.31. The van der Waals surface area contributed by atoms with Crippen molar-refractivity contribution in [3.05, 3.63) is 29.8 Å². The Bertz CT molecular complexity index is 545. The van der Waals surface area contributed by atoms with E-state index in [1.54, 1.807) is 24.3 Å². The molecule has 1 aromatic carbocycles. The lowest BCUT2D eigenvalue weighted by Gasteiger charge is -2.21. The number of hydrogen-bond acceptors (Lipinski definition) is 3. The number of para-hydroxylation sites is 1. The highest BCUT2D eigenvalue weighted by molar-refractivity contribution is 14.0. The number of alkyl halides is 2. The molecule has 1 unspecified atom stereocenters. The molecule has 1 atom stereocenters. The molecule has 0 saturated carbocycles. The summed E-state index contributed by atoms with van der Waals surface area (Å²) in [6, 6.07) is 7.24. The number of nitrogens with zero attached hydrogens (tertiary/aromatic N) is 2. The van der Waals surface area contributed by atoms with Crippen LogP contribution in [-0.2, 0) is 6.42 Å². The van der Waals surface area contributed by atoms with Crippen molar-refractivity contribution in [1.82, 2.24) is 10.2 Å². The highest BCUT2D eigenvalue weighted by atomic mass is 127. The van der Waals surface area contributed by atoms with Gasteiger partial charge < -0.3 is 15.8 Å². The van der Waals surface area contributed by atoms with Crippen LogP contribution in [-0.4, -0.2) is 49.7 Å². The first-order valence-electron chi connectivity index (χ1n) is 8.40. The minimum atomic E-state index is -2.82. The first-order chi connectivity index (χ1) is 11.6. The average Bonchev–Trinajstić information content (AvgIpc) is 3.01. The van der Waals surface area contributed by atoms with E-state index in [-0.39, 0.29) is 29.7 Å². The lowest BCUT2D eigenvalue weighted by Crippen LogP contribution is -2.36. The van der Waals surface area contributed by atoms with Crippen LogP contribution in [0.5, 0.6) is 5.75 Å². The van der Waals surface area contributed by atoms with Crippen LogP contribution >= 0.6 is 24.0 Å². The first-order valence-corrected chi connectivity index (χ1v) is 8.40. The minimum Gasteiger partial charge on any atom is -0.435 e. The highest BCUT2D eigenvalue weighted by Crippen LogP contribution is 2.20. The molecule has 0 amide bonds. The number of likely N-dealkylation sites (tertiary alicyclic amines) is 1. The first kappa shape index (κ1) is 21.9. The van der Waals surface area contributed by atoms with Gasteiger partial charge in [-0.3, -0.25) is 9.89 Å². The van der Waals surface area contributed by atoms with Gasteiger partial charge in [-0.2, -0.15) is 8.78 Å². The molecule has 1 heterocycles. The molecule has 1 saturated heterocycles. The van der Waals surface area contributed by atoms with Crippen molar-refractivity contribution in [2.24, 2.45) is 10.7 Å². The largest absolute Gasteiger partial charge is 0.435 e. The summed E-state index contributed by atoms with van der Waals surface area (Å²) in [6.45, 7) is 2.71. The van der Waals surface area contributed by atoms with Gasteiger partial charge in [0.05, 0.1) is 6.54 Å². The zero-order chi connectivity index (χ0) is 17.4. The van der Waals surface area contributed by atoms with Crippen molar-refractivity contribution in [3.8, 4) is 5.75 Å². The third-order valence-corrected chi connectivity index (χ3v) is 4.27. The molecule has 8 heteroatoms. The summed E-state index contributed by atoms with van der Waals surface area (Å²) in [7, 11) is 0. The van der Waals surface area contributed by atoms with E-state index in [0.29, 0.717) is 37.1 Å². The van der Waals surface area contributed by atoms with E-state index in [4.69, 9.17) is 5.73 Å². The van der Waals surface area contributed by atoms with Crippen molar-refractivity contribution in [2.75, 3.05) is 26.2 Å². The van der Waals surface area contributed by atoms with Gasteiger partial charge in [0.1, 0.15) is 5.75 Å². The number of ether oxygens (including phenoxy) is 1. The molecule has 1 aromatic rings. The van der Waals surface area contributed by atoms with E-state index in [0.717, 1.165) is 19.5 Å². The third-order valence-electron chi connectivity index (χ3n) is 4.27. The Balaban J connectivity index is 0.00000312. The Labute approximate surface area is 165 Å². The number of guanidine groups is 1. The van der Waals surface area contributed by atoms with Gasteiger partial charge in [-0.25, -0.2) is 0 Å². The molecular formula is C17H27F2IN4O. The predicted molar refractivity (Wildman–Crippen MR) is 107 cm³/mol. The van der Waals surface area contributed by atoms with Crippen molar-refractivity contribution in [1.29, 1.82) is 0 Å². The number of hydrogen-bond donors (Lipinski definition) is 2. The Kier molecular flexibility index (Phi) is 10.0. The summed E-state index contributed by atoms with van der Waals surface area (Å²) in [5.41, 5.74) is 6.60. The molecule has 2 rings (SSSR count). The standard InChI is InChI=1S/C17H26F2N4O.HI/c1-2-23-11-5-7-14(23)12-22-17(20)21-10-9-13-6-3-4-8-15(13)24-16(18)19;/h3-4,6,8,14,16H,2,5,7,9-12H2,1H3,(H3,20,21,22);1H. The quantitative estimate of drug-likeness (QED) is 0.350. The van der Waals surface area contributed by atoms with Crippen LogP contribution in [0.1, 0.15) is 25.3 Å². The normalized spacial score (nSPS) is 18.2. The van der Waals surface area contributed by atoms with Crippen molar-refractivity contribution in [2.45, 2.75) is 38.8 Å². The molecule has 0 spiro atoms. The smallest absolute Gasteiger partial charge is 0.387 e. The van der Waals surface area contributed by atoms with E-state index >= 15 is 0 Å². The second-order valence-electron chi connectivity index (χ2n) is 5.81. The molecule has 0 bridgehead atoms. The maximum Gasteiger partial charge on any atom is 0.387 e. The van der Waals surface area contributed by atoms with Crippen LogP contribution in [0.3, 0.4) is 0 Å². The molecule has 1 fully saturated rings. The Morgan fingerprint density at radius 3 is 2.92 bits per heavy atom. The Morgan fingerprint density at radius 2 is 2.20 bits per heavy atom. The Morgan fingerprint density at radius 1 is 1.44 bits per heavy atom. The van der Waals surface area contributed by atoms with Gasteiger partial charge in [0.25, 0.3) is 0 Å². The molecule has 3 N–H and O–H groups in total. The van der Waals surface area contributed by atoms with Gasteiger partial charge in [0.15, 0.2) is 5.96 Å². The number of aliphatic imine (C=N–C) groups is 1. The lowest BCUT2D eigenvalue weighted by molar-refractivity contribution is -0.0504. The van der Waals surface area contributed by atoms with Crippen LogP contribution in [0.25, 0.3) is 0 Å². The van der Waals surface area contributed by atoms with Gasteiger partial charge in [-0.1, -0.05) is 25.1 Å². The monoisotopic (exact) mass is 468 g/mol. The van der Waals surface area contributed by atoms with Gasteiger partial charge in [0.2, 0.25) is 0 Å². The van der Waals surface area contributed by atoms with E-state index < -0.39 is 6.61 Å². The summed E-state index contributed by atoms with van der Waals surface area (Å²) < 4.78 is 29.3. The number of rotatable bonds is 8. The molecule has 0 aliphatic carbocycles. The topological polar surface area (TPSA) is 62.9 Å². The summed E-state index contributed by atoms with van der Waals surface area (Å²) in [4.78, 5) is 6.81. The van der Waals surface area contributed by atoms with Gasteiger partial charge >= 0.3 is 6.61 Å². The van der Waals surface area contributed by atoms with Gasteiger partial charge in [-0.05, 0) is 44.0 Å². The maximum absolute atomic E-state index is 12.4. The van der Waals surface area contributed by atoms with Crippen LogP contribution in [0, 0.1) is 0 Å². The fourth-order valence-electron chi connectivity index (χ4n) is 3.02. The molecule has 5 nitrogen and oxygen atoms in total. The lowest BCUT2D eigenvalue weighted by atomic mass is 10.1. The van der Waals surface area contributed by atoms with Crippen molar-refractivity contribution >= 4 is 29.9 Å². The fraction of sp³-hybridized carbons (Fsp3) is 0.588.